The molecule has 0 bridgehead atoms. The smallest absolute Gasteiger partial charge is 0 e. The minimum atomic E-state index is -10.7. The molecule has 4 heterocycles. The quantitative estimate of drug-likeness (QED) is 0.119. The van der Waals surface area contributed by atoms with Crippen molar-refractivity contribution in [3.63, 3.8) is 0 Å². The maximum absolute atomic E-state index is 13.3. The van der Waals surface area contributed by atoms with Gasteiger partial charge < -0.3 is 30.7 Å². The molecule has 1 radical (unpaired) electrons. The summed E-state index contributed by atoms with van der Waals surface area (Å²) in [5.41, 5.74) is 6.08. The van der Waals surface area contributed by atoms with Crippen LogP contribution in [0.2, 0.25) is 0 Å². The van der Waals surface area contributed by atoms with Crippen LogP contribution in [0, 0.1) is 12.3 Å². The first-order valence-electron chi connectivity index (χ1n) is 16.8. The normalized spacial score (nSPS) is 30.4. The third kappa shape index (κ3) is 18.6. The number of methoxy groups -OCH3 is 2. The Balaban J connectivity index is 0.000000246. The van der Waals surface area contributed by atoms with E-state index in [0.29, 0.717) is 35.4 Å². The minimum absolute atomic E-state index is 0. The van der Waals surface area contributed by atoms with Crippen LogP contribution in [0.15, 0.2) is 58.6 Å². The summed E-state index contributed by atoms with van der Waals surface area (Å²) < 4.78 is 122. The Morgan fingerprint density at radius 2 is 0.981 bits per heavy atom. The molecule has 4 aliphatic heterocycles. The van der Waals surface area contributed by atoms with Crippen LogP contribution in [-0.2, 0) is 29.6 Å². The van der Waals surface area contributed by atoms with Gasteiger partial charge in [0.15, 0.2) is 0 Å². The number of hydrogen-bond acceptors (Lipinski definition) is 2. The number of hydrogen-bond donors (Lipinski definition) is 0. The van der Waals surface area contributed by atoms with Crippen LogP contribution in [0.3, 0.4) is 0 Å². The summed E-state index contributed by atoms with van der Waals surface area (Å²) in [5, 5.41) is 18.0. The van der Waals surface area contributed by atoms with Crippen molar-refractivity contribution < 1.29 is 72.3 Å². The van der Waals surface area contributed by atoms with Crippen molar-refractivity contribution in [1.29, 1.82) is 0 Å². The molecule has 303 valence electrons. The monoisotopic (exact) mass is 954 g/mol. The van der Waals surface area contributed by atoms with Crippen LogP contribution in [-0.4, -0.2) is 76.8 Å². The number of rotatable bonds is 5. The fourth-order valence-electron chi connectivity index (χ4n) is 6.15. The van der Waals surface area contributed by atoms with Gasteiger partial charge in [0.2, 0.25) is 0 Å². The first-order valence-corrected chi connectivity index (χ1v) is 18.9. The molecule has 0 aromatic rings. The number of ether oxygens (including phenoxy) is 2. The summed E-state index contributed by atoms with van der Waals surface area (Å²) in [6, 6.07) is 0.474. The molecule has 6 unspecified atom stereocenters. The predicted molar refractivity (Wildman–Crippen MR) is 180 cm³/mol. The molecule has 0 N–H and O–H groups in total. The number of allylic oxidation sites excluding steroid dienone is 4. The van der Waals surface area contributed by atoms with E-state index in [1.165, 1.54) is 12.2 Å². The molecule has 6 aliphatic rings. The molecule has 0 spiro atoms. The van der Waals surface area contributed by atoms with Gasteiger partial charge in [-0.2, -0.15) is 12.1 Å². The molecule has 0 aromatic heterocycles. The van der Waals surface area contributed by atoms with E-state index >= 15 is 0 Å². The molecular weight excluding hydrogens is 910 g/mol. The van der Waals surface area contributed by atoms with Crippen molar-refractivity contribution in [1.82, 2.24) is 0 Å². The zero-order valence-corrected chi connectivity index (χ0v) is 32.1. The van der Waals surface area contributed by atoms with E-state index in [2.05, 4.69) is 22.1 Å². The summed E-state index contributed by atoms with van der Waals surface area (Å²) in [5.74, 6) is -1.16. The van der Waals surface area contributed by atoms with E-state index in [1.807, 2.05) is 0 Å². The van der Waals surface area contributed by atoms with E-state index in [0.717, 1.165) is 103 Å². The Morgan fingerprint density at radius 3 is 1.27 bits per heavy atom. The van der Waals surface area contributed by atoms with Crippen molar-refractivity contribution in [2.45, 2.75) is 101 Å². The maximum atomic E-state index is 13.3. The molecule has 6 atom stereocenters. The second-order valence-corrected chi connectivity index (χ2v) is 14.6. The van der Waals surface area contributed by atoms with Crippen molar-refractivity contribution in [3.8, 4) is 0 Å². The number of piperidine rings is 4. The topological polar surface area (TPSA) is 74.9 Å². The van der Waals surface area contributed by atoms with Gasteiger partial charge in [0.05, 0.1) is 12.2 Å². The fraction of sp³-hybridized carbons (Fsp3) is 0.647. The number of halogens is 10. The Bertz CT molecular complexity index is 1230. The molecule has 0 amide bonds. The van der Waals surface area contributed by atoms with Gasteiger partial charge in [-0.05, 0) is 25.7 Å². The van der Waals surface area contributed by atoms with E-state index in [9.17, 15) is 42.7 Å². The standard InChI is InChI=1S/C12H22N2O2.2C11H11F2N.F6P.Ir/c1-15-9-3-5-13-11(7-9)12-8-10(16-2)4-6-14-12;2*12-8-4-5-9(10(13)7-8)11-3-1-2-6-14-11;1-7(2,3,4,5)6;/h9-12H,3-8H2,1-2H3;2*4,7,11H,1-3,6H2;;/q3*-2;-1;. The summed E-state index contributed by atoms with van der Waals surface area (Å²) in [4.78, 5) is 0. The van der Waals surface area contributed by atoms with Gasteiger partial charge in [-0.25, -0.2) is 0 Å². The summed E-state index contributed by atoms with van der Waals surface area (Å²) in [6.07, 6.45) is 14.0. The number of nitrogens with zero attached hydrogens (tertiary/aromatic N) is 4. The molecule has 4 fully saturated rings. The van der Waals surface area contributed by atoms with Gasteiger partial charge in [-0.3, -0.25) is 29.0 Å². The van der Waals surface area contributed by atoms with Crippen molar-refractivity contribution >= 4 is 7.81 Å². The minimum Gasteiger partial charge on any atom is 0 e. The van der Waals surface area contributed by atoms with Gasteiger partial charge in [0.1, 0.15) is 0 Å². The van der Waals surface area contributed by atoms with Gasteiger partial charge >= 0.3 is 33.0 Å². The second kappa shape index (κ2) is 20.4. The van der Waals surface area contributed by atoms with E-state index in [1.54, 1.807) is 14.2 Å². The van der Waals surface area contributed by atoms with Crippen LogP contribution in [0.1, 0.15) is 64.2 Å². The van der Waals surface area contributed by atoms with E-state index in [4.69, 9.17) is 20.1 Å². The molecule has 2 aliphatic carbocycles. The van der Waals surface area contributed by atoms with Gasteiger partial charge in [0, 0.05) is 58.3 Å². The van der Waals surface area contributed by atoms with Crippen LogP contribution in [0.25, 0.3) is 21.3 Å². The van der Waals surface area contributed by atoms with Crippen molar-refractivity contribution in [2.75, 3.05) is 40.4 Å². The Kier molecular flexibility index (Phi) is 18.2. The van der Waals surface area contributed by atoms with Gasteiger partial charge in [-0.15, -0.1) is 73.7 Å². The van der Waals surface area contributed by atoms with Gasteiger partial charge in [0.25, 0.3) is 0 Å². The summed E-state index contributed by atoms with van der Waals surface area (Å²) in [6.45, 7) is 3.39. The van der Waals surface area contributed by atoms with Gasteiger partial charge in [-0.1, -0.05) is 38.5 Å². The molecule has 52 heavy (non-hydrogen) atoms. The van der Waals surface area contributed by atoms with Crippen molar-refractivity contribution in [2.24, 2.45) is 0 Å². The largest absolute Gasteiger partial charge is 0 e. The molecule has 4 saturated heterocycles. The SMILES string of the molecule is COC1CC[N-]C(C2CC(OC)CC[N-]2)C1.FC1=C[C-](F)C(C2CCCC[N-]2)=C=C1.FC1=C[C-](F)C(C2CCCC[N-]2)=C=C1.F[P-](F)(F)(F)(F)F.[Ir]. The van der Waals surface area contributed by atoms with Crippen LogP contribution in [0.5, 0.6) is 0 Å². The van der Waals surface area contributed by atoms with Crippen LogP contribution < -0.4 is 0 Å². The average molecular weight is 954 g/mol. The Morgan fingerprint density at radius 1 is 0.615 bits per heavy atom. The van der Waals surface area contributed by atoms with Crippen LogP contribution >= 0.6 is 7.81 Å². The summed E-state index contributed by atoms with van der Waals surface area (Å²) in [7, 11) is -7.07. The van der Waals surface area contributed by atoms with E-state index < -0.39 is 31.8 Å². The molecule has 6 nitrogen and oxygen atoms in total. The third-order valence-electron chi connectivity index (χ3n) is 8.66. The zero-order valence-electron chi connectivity index (χ0n) is 28.8. The summed E-state index contributed by atoms with van der Waals surface area (Å²) >= 11 is 0. The van der Waals surface area contributed by atoms with Crippen LogP contribution in [0.4, 0.5) is 42.7 Å². The third-order valence-corrected chi connectivity index (χ3v) is 8.66. The fourth-order valence-corrected chi connectivity index (χ4v) is 6.15. The predicted octanol–water partition coefficient (Wildman–Crippen LogP) is 12.2. The average Bonchev–Trinajstić information content (AvgIpc) is 3.08. The van der Waals surface area contributed by atoms with Crippen molar-refractivity contribution in [3.05, 3.63) is 92.2 Å². The Hall–Kier alpha value is -1.60. The maximum Gasteiger partial charge on any atom is 0 e. The first-order chi connectivity index (χ1) is 23.8. The second-order valence-electron chi connectivity index (χ2n) is 12.7. The first kappa shape index (κ1) is 46.6. The molecule has 18 heteroatoms. The molecular formula is C34H44F10IrN4O2P-7. The molecule has 6 rings (SSSR count). The Labute approximate surface area is 312 Å². The molecule has 0 saturated carbocycles. The molecule has 0 aromatic carbocycles. The van der Waals surface area contributed by atoms with E-state index in [-0.39, 0.29) is 32.2 Å². The zero-order chi connectivity index (χ0) is 37.7.